The molecular formula is C5H10F4N2O2. The van der Waals surface area contributed by atoms with Gasteiger partial charge >= 0.3 is 0 Å². The first kappa shape index (κ1) is 12.6. The predicted octanol–water partition coefficient (Wildman–Crippen LogP) is 0.937. The molecule has 0 aliphatic rings. The number of hydrogen-bond acceptors (Lipinski definition) is 4. The molecule has 0 atom stereocenters. The van der Waals surface area contributed by atoms with Crippen molar-refractivity contribution in [2.45, 2.75) is 25.1 Å². The molecule has 0 radical (unpaired) electrons. The van der Waals surface area contributed by atoms with Crippen LogP contribution in [0.3, 0.4) is 0 Å². The van der Waals surface area contributed by atoms with Crippen LogP contribution in [0.4, 0.5) is 17.9 Å². The van der Waals surface area contributed by atoms with Crippen molar-refractivity contribution in [3.05, 3.63) is 0 Å². The van der Waals surface area contributed by atoms with Gasteiger partial charge in [0.15, 0.2) is 0 Å². The third-order valence-corrected chi connectivity index (χ3v) is 1.46. The fourth-order valence-electron chi connectivity index (χ4n) is 0.700. The molecular weight excluding hydrogens is 196 g/mol. The van der Waals surface area contributed by atoms with E-state index in [2.05, 4.69) is 0 Å². The SMILES string of the molecule is OCCCCC(O)(N(F)F)N(F)F. The second-order valence-corrected chi connectivity index (χ2v) is 2.42. The molecule has 0 fully saturated rings. The van der Waals surface area contributed by atoms with Gasteiger partial charge in [-0.05, 0) is 12.8 Å². The Morgan fingerprint density at radius 2 is 1.46 bits per heavy atom. The van der Waals surface area contributed by atoms with Crippen molar-refractivity contribution in [2.75, 3.05) is 6.61 Å². The Bertz CT molecular complexity index is 138. The fourth-order valence-corrected chi connectivity index (χ4v) is 0.700. The summed E-state index contributed by atoms with van der Waals surface area (Å²) in [6.45, 7) is -0.298. The summed E-state index contributed by atoms with van der Waals surface area (Å²) in [6.07, 6.45) is -0.917. The highest BCUT2D eigenvalue weighted by Crippen LogP contribution is 2.25. The minimum atomic E-state index is -3.56. The molecule has 0 spiro atoms. The molecule has 0 aromatic carbocycles. The van der Waals surface area contributed by atoms with Crippen LogP contribution >= 0.6 is 0 Å². The zero-order chi connectivity index (χ0) is 10.5. The Morgan fingerprint density at radius 3 is 1.77 bits per heavy atom. The molecule has 0 saturated carbocycles. The standard InChI is InChI=1S/C5H10F4N2O2/c6-10(7)5(13,11(8)9)3-1-2-4-12/h12-13H,1-4H2. The van der Waals surface area contributed by atoms with E-state index in [4.69, 9.17) is 10.2 Å². The molecule has 0 saturated heterocycles. The highest BCUT2D eigenvalue weighted by Gasteiger charge is 2.44. The summed E-state index contributed by atoms with van der Waals surface area (Å²) in [5.74, 6) is -3.56. The zero-order valence-electron chi connectivity index (χ0n) is 6.63. The Morgan fingerprint density at radius 1 is 1.00 bits per heavy atom. The van der Waals surface area contributed by atoms with Crippen LogP contribution in [-0.2, 0) is 0 Å². The summed E-state index contributed by atoms with van der Waals surface area (Å²) in [5, 5.41) is 13.0. The molecule has 0 unspecified atom stereocenters. The molecule has 0 aliphatic heterocycles. The highest BCUT2D eigenvalue weighted by molar-refractivity contribution is 4.62. The predicted molar refractivity (Wildman–Crippen MR) is 34.0 cm³/mol. The topological polar surface area (TPSA) is 46.9 Å². The summed E-state index contributed by atoms with van der Waals surface area (Å²) in [4.78, 5) is 0. The van der Waals surface area contributed by atoms with E-state index in [9.17, 15) is 17.9 Å². The maximum absolute atomic E-state index is 11.8. The van der Waals surface area contributed by atoms with Gasteiger partial charge in [-0.15, -0.1) is 0 Å². The molecule has 4 nitrogen and oxygen atoms in total. The van der Waals surface area contributed by atoms with E-state index in [0.717, 1.165) is 0 Å². The number of halogens is 4. The smallest absolute Gasteiger partial charge is 0.292 e. The number of nitrogens with zero attached hydrogens (tertiary/aromatic N) is 2. The second-order valence-electron chi connectivity index (χ2n) is 2.42. The van der Waals surface area contributed by atoms with Crippen molar-refractivity contribution in [1.82, 2.24) is 10.7 Å². The van der Waals surface area contributed by atoms with E-state index in [-0.39, 0.29) is 19.4 Å². The van der Waals surface area contributed by atoms with E-state index < -0.39 is 23.0 Å². The van der Waals surface area contributed by atoms with Gasteiger partial charge in [0.1, 0.15) is 0 Å². The maximum Gasteiger partial charge on any atom is 0.292 e. The third kappa shape index (κ3) is 3.43. The lowest BCUT2D eigenvalue weighted by Crippen LogP contribution is -2.48. The lowest BCUT2D eigenvalue weighted by atomic mass is 10.2. The van der Waals surface area contributed by atoms with Crippen molar-refractivity contribution in [3.63, 3.8) is 0 Å². The molecule has 13 heavy (non-hydrogen) atoms. The van der Waals surface area contributed by atoms with Crippen LogP contribution in [-0.4, -0.2) is 33.4 Å². The van der Waals surface area contributed by atoms with Gasteiger partial charge in [-0.25, -0.2) is 0 Å². The average molecular weight is 206 g/mol. The molecule has 0 aromatic heterocycles. The van der Waals surface area contributed by atoms with Crippen LogP contribution in [0.5, 0.6) is 0 Å². The van der Waals surface area contributed by atoms with Gasteiger partial charge in [0.25, 0.3) is 5.85 Å². The second kappa shape index (κ2) is 5.32. The molecule has 0 bridgehead atoms. The van der Waals surface area contributed by atoms with Gasteiger partial charge in [-0.2, -0.15) is 0 Å². The monoisotopic (exact) mass is 206 g/mol. The molecule has 0 rings (SSSR count). The lowest BCUT2D eigenvalue weighted by molar-refractivity contribution is -0.446. The molecule has 80 valence electrons. The van der Waals surface area contributed by atoms with Crippen molar-refractivity contribution in [1.29, 1.82) is 0 Å². The van der Waals surface area contributed by atoms with Crippen molar-refractivity contribution in [2.24, 2.45) is 0 Å². The van der Waals surface area contributed by atoms with Gasteiger partial charge in [-0.3, -0.25) is 0 Å². The number of hydrogen-bond donors (Lipinski definition) is 2. The Kier molecular flexibility index (Phi) is 5.14. The van der Waals surface area contributed by atoms with Gasteiger partial charge in [0.05, 0.1) is 10.7 Å². The summed E-state index contributed by atoms with van der Waals surface area (Å²) < 4.78 is 47.0. The summed E-state index contributed by atoms with van der Waals surface area (Å²) >= 11 is 0. The quantitative estimate of drug-likeness (QED) is 0.294. The molecule has 0 amide bonds. The first-order valence-corrected chi connectivity index (χ1v) is 3.52. The Hall–Kier alpha value is -0.440. The van der Waals surface area contributed by atoms with E-state index in [1.807, 2.05) is 0 Å². The Labute approximate surface area is 71.7 Å². The van der Waals surface area contributed by atoms with Crippen LogP contribution in [0.2, 0.25) is 0 Å². The normalized spacial score (nSPS) is 12.9. The van der Waals surface area contributed by atoms with E-state index >= 15 is 0 Å². The fraction of sp³-hybridized carbons (Fsp3) is 1.00. The van der Waals surface area contributed by atoms with Crippen LogP contribution in [0.1, 0.15) is 19.3 Å². The van der Waals surface area contributed by atoms with Crippen molar-refractivity contribution < 1.29 is 28.1 Å². The molecule has 0 aromatic rings. The number of rotatable bonds is 6. The first-order valence-electron chi connectivity index (χ1n) is 3.52. The van der Waals surface area contributed by atoms with E-state index in [0.29, 0.717) is 0 Å². The van der Waals surface area contributed by atoms with E-state index in [1.165, 1.54) is 0 Å². The first-order chi connectivity index (χ1) is 5.95. The summed E-state index contributed by atoms with van der Waals surface area (Å²) in [5.41, 5.74) is 0. The van der Waals surface area contributed by atoms with Gasteiger partial charge < -0.3 is 10.2 Å². The average Bonchev–Trinajstić information content (AvgIpc) is 2.03. The number of aliphatic hydroxyl groups is 2. The van der Waals surface area contributed by atoms with Gasteiger partial charge in [0.2, 0.25) is 0 Å². The van der Waals surface area contributed by atoms with Gasteiger partial charge in [-0.1, -0.05) is 17.9 Å². The van der Waals surface area contributed by atoms with Crippen molar-refractivity contribution in [3.8, 4) is 0 Å². The third-order valence-electron chi connectivity index (χ3n) is 1.46. The van der Waals surface area contributed by atoms with Crippen LogP contribution in [0.15, 0.2) is 0 Å². The largest absolute Gasteiger partial charge is 0.396 e. The molecule has 0 heterocycles. The zero-order valence-corrected chi connectivity index (χ0v) is 6.63. The summed E-state index contributed by atoms with van der Waals surface area (Å²) in [7, 11) is 0. The van der Waals surface area contributed by atoms with Crippen molar-refractivity contribution >= 4 is 0 Å². The Balaban J connectivity index is 4.09. The summed E-state index contributed by atoms with van der Waals surface area (Å²) in [6, 6.07) is 0. The van der Waals surface area contributed by atoms with Crippen LogP contribution < -0.4 is 0 Å². The van der Waals surface area contributed by atoms with Gasteiger partial charge in [0, 0.05) is 13.0 Å². The molecule has 2 N–H and O–H groups in total. The molecule has 8 heteroatoms. The number of aliphatic hydroxyl groups excluding tert-OH is 1. The van der Waals surface area contributed by atoms with Crippen LogP contribution in [0, 0.1) is 0 Å². The van der Waals surface area contributed by atoms with E-state index in [1.54, 1.807) is 0 Å². The highest BCUT2D eigenvalue weighted by atomic mass is 19.4. The minimum absolute atomic E-state index is 0.0734. The lowest BCUT2D eigenvalue weighted by Gasteiger charge is -2.26. The maximum atomic E-state index is 11.8. The van der Waals surface area contributed by atoms with Crippen LogP contribution in [0.25, 0.3) is 0 Å². The minimum Gasteiger partial charge on any atom is -0.396 e. The molecule has 0 aliphatic carbocycles. The number of unbranched alkanes of at least 4 members (excludes halogenated alkanes) is 1.